The van der Waals surface area contributed by atoms with Crippen molar-refractivity contribution in [2.75, 3.05) is 59.1 Å². The highest BCUT2D eigenvalue weighted by atomic mass is 35.5. The Morgan fingerprint density at radius 2 is 1.93 bits per heavy atom. The molecule has 2 atom stereocenters. The number of ether oxygens (including phenoxy) is 2. The molecule has 0 spiro atoms. The summed E-state index contributed by atoms with van der Waals surface area (Å²) in [6.45, 7) is 5.57. The fourth-order valence-corrected chi connectivity index (χ4v) is 3.16. The average Bonchev–Trinajstić information content (AvgIpc) is 2.68. The zero-order chi connectivity index (χ0) is 17.5. The van der Waals surface area contributed by atoms with E-state index in [1.807, 2.05) is 35.2 Å². The summed E-state index contributed by atoms with van der Waals surface area (Å²) in [6, 6.07) is 9.28. The molecule has 0 radical (unpaired) electrons. The van der Waals surface area contributed by atoms with Gasteiger partial charge in [0.1, 0.15) is 24.5 Å². The van der Waals surface area contributed by atoms with Gasteiger partial charge in [-0.3, -0.25) is 9.69 Å². The SMILES string of the molecule is Cl.Cl.O=C(C1COCCN1)N1CCN(CC(O)COc2ccccc2)CC1. The number of carbonyl (C=O) groups excluding carboxylic acids is 1. The molecule has 1 aromatic rings. The van der Waals surface area contributed by atoms with Crippen molar-refractivity contribution in [3.8, 4) is 5.75 Å². The third-order valence-corrected chi connectivity index (χ3v) is 4.56. The molecular formula is C18H29Cl2N3O4. The van der Waals surface area contributed by atoms with Gasteiger partial charge in [0.25, 0.3) is 0 Å². The minimum absolute atomic E-state index is 0. The van der Waals surface area contributed by atoms with Crippen molar-refractivity contribution in [1.29, 1.82) is 0 Å². The first-order chi connectivity index (χ1) is 12.2. The van der Waals surface area contributed by atoms with Crippen LogP contribution in [0.4, 0.5) is 0 Å². The van der Waals surface area contributed by atoms with Crippen molar-refractivity contribution in [3.05, 3.63) is 30.3 Å². The van der Waals surface area contributed by atoms with E-state index in [2.05, 4.69) is 10.2 Å². The van der Waals surface area contributed by atoms with Crippen LogP contribution in [0.15, 0.2) is 30.3 Å². The number of para-hydroxylation sites is 1. The molecule has 27 heavy (non-hydrogen) atoms. The summed E-state index contributed by atoms with van der Waals surface area (Å²) in [6.07, 6.45) is -0.545. The Kier molecular flexibility index (Phi) is 11.0. The molecule has 1 amide bonds. The van der Waals surface area contributed by atoms with Crippen LogP contribution in [0.1, 0.15) is 0 Å². The fourth-order valence-electron chi connectivity index (χ4n) is 3.16. The number of benzene rings is 1. The molecule has 7 nitrogen and oxygen atoms in total. The number of nitrogens with one attached hydrogen (secondary N) is 1. The van der Waals surface area contributed by atoms with Crippen molar-refractivity contribution >= 4 is 30.7 Å². The number of nitrogens with zero attached hydrogens (tertiary/aromatic N) is 2. The molecule has 2 fully saturated rings. The van der Waals surface area contributed by atoms with E-state index in [1.165, 1.54) is 0 Å². The molecule has 2 aliphatic rings. The number of piperazine rings is 1. The molecule has 0 aliphatic carbocycles. The van der Waals surface area contributed by atoms with Crippen LogP contribution in [0.2, 0.25) is 0 Å². The predicted molar refractivity (Wildman–Crippen MR) is 108 cm³/mol. The van der Waals surface area contributed by atoms with Gasteiger partial charge in [0.2, 0.25) is 5.91 Å². The Bertz CT molecular complexity index is 539. The highest BCUT2D eigenvalue weighted by molar-refractivity contribution is 5.85. The van der Waals surface area contributed by atoms with Crippen LogP contribution >= 0.6 is 24.8 Å². The highest BCUT2D eigenvalue weighted by Gasteiger charge is 2.29. The van der Waals surface area contributed by atoms with Gasteiger partial charge in [-0.25, -0.2) is 0 Å². The number of carbonyl (C=O) groups is 1. The minimum atomic E-state index is -0.545. The topological polar surface area (TPSA) is 74.3 Å². The van der Waals surface area contributed by atoms with Gasteiger partial charge >= 0.3 is 0 Å². The molecular weight excluding hydrogens is 393 g/mol. The second kappa shape index (κ2) is 12.4. The van der Waals surface area contributed by atoms with E-state index in [4.69, 9.17) is 9.47 Å². The third kappa shape index (κ3) is 7.44. The minimum Gasteiger partial charge on any atom is -0.491 e. The largest absolute Gasteiger partial charge is 0.491 e. The maximum atomic E-state index is 12.4. The van der Waals surface area contributed by atoms with Crippen LogP contribution in [0.3, 0.4) is 0 Å². The second-order valence-electron chi connectivity index (χ2n) is 6.49. The predicted octanol–water partition coefficient (Wildman–Crippen LogP) is 0.403. The lowest BCUT2D eigenvalue weighted by atomic mass is 10.2. The summed E-state index contributed by atoms with van der Waals surface area (Å²) >= 11 is 0. The monoisotopic (exact) mass is 421 g/mol. The molecule has 0 aromatic heterocycles. The third-order valence-electron chi connectivity index (χ3n) is 4.56. The first-order valence-electron chi connectivity index (χ1n) is 8.90. The standard InChI is InChI=1S/C18H27N3O4.2ClH/c22-15(13-25-16-4-2-1-3-5-16)12-20-7-9-21(10-8-20)18(23)17-14-24-11-6-19-17;;/h1-5,15,17,19,22H,6-14H2;2*1H. The van der Waals surface area contributed by atoms with E-state index >= 15 is 0 Å². The van der Waals surface area contributed by atoms with Crippen molar-refractivity contribution in [1.82, 2.24) is 15.1 Å². The summed E-state index contributed by atoms with van der Waals surface area (Å²) in [5.41, 5.74) is 0. The first kappa shape index (κ1) is 23.9. The molecule has 0 bridgehead atoms. The molecule has 3 rings (SSSR count). The van der Waals surface area contributed by atoms with Gasteiger partial charge in [0, 0.05) is 39.3 Å². The van der Waals surface area contributed by atoms with Crippen molar-refractivity contribution in [2.24, 2.45) is 0 Å². The van der Waals surface area contributed by atoms with E-state index in [0.717, 1.165) is 25.4 Å². The molecule has 2 aliphatic heterocycles. The lowest BCUT2D eigenvalue weighted by molar-refractivity contribution is -0.138. The van der Waals surface area contributed by atoms with Gasteiger partial charge in [0.15, 0.2) is 0 Å². The number of morpholine rings is 1. The maximum absolute atomic E-state index is 12.4. The van der Waals surface area contributed by atoms with E-state index in [0.29, 0.717) is 32.8 Å². The number of hydrogen-bond acceptors (Lipinski definition) is 6. The van der Waals surface area contributed by atoms with Crippen LogP contribution in [0.5, 0.6) is 5.75 Å². The van der Waals surface area contributed by atoms with Gasteiger partial charge in [-0.1, -0.05) is 18.2 Å². The Balaban J connectivity index is 0.00000182. The first-order valence-corrected chi connectivity index (χ1v) is 8.90. The fraction of sp³-hybridized carbons (Fsp3) is 0.611. The molecule has 0 saturated carbocycles. The number of amides is 1. The Morgan fingerprint density at radius 1 is 1.22 bits per heavy atom. The van der Waals surface area contributed by atoms with E-state index in [9.17, 15) is 9.90 Å². The van der Waals surface area contributed by atoms with Gasteiger partial charge in [-0.15, -0.1) is 24.8 Å². The number of aliphatic hydroxyl groups is 1. The summed E-state index contributed by atoms with van der Waals surface area (Å²) in [5, 5.41) is 13.4. The van der Waals surface area contributed by atoms with E-state index < -0.39 is 6.10 Å². The van der Waals surface area contributed by atoms with Crippen molar-refractivity contribution in [3.63, 3.8) is 0 Å². The van der Waals surface area contributed by atoms with Gasteiger partial charge in [-0.05, 0) is 12.1 Å². The Labute approximate surface area is 172 Å². The zero-order valence-electron chi connectivity index (χ0n) is 15.3. The Hall–Kier alpha value is -1.09. The molecule has 2 N–H and O–H groups in total. The maximum Gasteiger partial charge on any atom is 0.242 e. The molecule has 9 heteroatoms. The summed E-state index contributed by atoms with van der Waals surface area (Å²) in [5.74, 6) is 0.881. The smallest absolute Gasteiger partial charge is 0.242 e. The Morgan fingerprint density at radius 3 is 2.56 bits per heavy atom. The van der Waals surface area contributed by atoms with Gasteiger partial charge < -0.3 is 24.8 Å². The quantitative estimate of drug-likeness (QED) is 0.692. The lowest BCUT2D eigenvalue weighted by Crippen LogP contribution is -2.57. The van der Waals surface area contributed by atoms with Crippen LogP contribution in [-0.4, -0.2) is 92.0 Å². The summed E-state index contributed by atoms with van der Waals surface area (Å²) < 4.78 is 10.9. The number of aliphatic hydroxyl groups excluding tert-OH is 1. The van der Waals surface area contributed by atoms with Crippen LogP contribution in [-0.2, 0) is 9.53 Å². The second-order valence-corrected chi connectivity index (χ2v) is 6.49. The number of halogens is 2. The molecule has 2 unspecified atom stereocenters. The van der Waals surface area contributed by atoms with E-state index in [-0.39, 0.29) is 43.4 Å². The molecule has 2 heterocycles. The van der Waals surface area contributed by atoms with Crippen LogP contribution in [0.25, 0.3) is 0 Å². The lowest BCUT2D eigenvalue weighted by Gasteiger charge is -2.37. The summed E-state index contributed by atoms with van der Waals surface area (Å²) in [7, 11) is 0. The molecule has 2 saturated heterocycles. The zero-order valence-corrected chi connectivity index (χ0v) is 16.9. The van der Waals surface area contributed by atoms with Gasteiger partial charge in [0.05, 0.1) is 13.2 Å². The van der Waals surface area contributed by atoms with Crippen molar-refractivity contribution < 1.29 is 19.4 Å². The normalized spacial score (nSPS) is 21.5. The number of β-amino-alcohol motifs (C(OH)–C–C–N with tert-alkyl or cyclic N) is 1. The summed E-state index contributed by atoms with van der Waals surface area (Å²) in [4.78, 5) is 16.5. The highest BCUT2D eigenvalue weighted by Crippen LogP contribution is 2.10. The molecule has 154 valence electrons. The average molecular weight is 422 g/mol. The van der Waals surface area contributed by atoms with Gasteiger partial charge in [-0.2, -0.15) is 0 Å². The van der Waals surface area contributed by atoms with Crippen molar-refractivity contribution in [2.45, 2.75) is 12.1 Å². The number of hydrogen-bond donors (Lipinski definition) is 2. The van der Waals surface area contributed by atoms with Crippen LogP contribution in [0, 0.1) is 0 Å². The van der Waals surface area contributed by atoms with Crippen LogP contribution < -0.4 is 10.1 Å². The molecule has 1 aromatic carbocycles. The van der Waals surface area contributed by atoms with E-state index in [1.54, 1.807) is 0 Å². The number of rotatable bonds is 6.